The predicted octanol–water partition coefficient (Wildman–Crippen LogP) is 2.50. The normalized spacial score (nSPS) is 12.5. The number of aryl methyl sites for hydroxylation is 1. The highest BCUT2D eigenvalue weighted by atomic mass is 16.5. The maximum atomic E-state index is 5.43. The van der Waals surface area contributed by atoms with E-state index in [9.17, 15) is 0 Å². The first-order valence-electron chi connectivity index (χ1n) is 6.23. The third-order valence-electron chi connectivity index (χ3n) is 3.18. The van der Waals surface area contributed by atoms with Crippen molar-refractivity contribution < 1.29 is 4.74 Å². The Bertz CT molecular complexity index is 363. The van der Waals surface area contributed by atoms with Gasteiger partial charge in [0, 0.05) is 23.0 Å². The van der Waals surface area contributed by atoms with Crippen LogP contribution in [0.3, 0.4) is 0 Å². The van der Waals surface area contributed by atoms with E-state index in [2.05, 4.69) is 24.1 Å². The third kappa shape index (κ3) is 3.70. The molecule has 1 atom stereocenters. The molecule has 0 saturated carbocycles. The minimum absolute atomic E-state index is 0.640. The molecule has 0 amide bonds. The van der Waals surface area contributed by atoms with Crippen molar-refractivity contribution in [3.8, 4) is 5.75 Å². The molecule has 0 aliphatic rings. The van der Waals surface area contributed by atoms with Crippen molar-refractivity contribution in [1.29, 1.82) is 0 Å². The first kappa shape index (κ1) is 14.0. The second kappa shape index (κ2) is 6.60. The molecule has 1 aromatic heterocycles. The largest absolute Gasteiger partial charge is 0.496 e. The Labute approximate surface area is 105 Å². The van der Waals surface area contributed by atoms with Crippen LogP contribution in [0.4, 0.5) is 0 Å². The highest BCUT2D eigenvalue weighted by Crippen LogP contribution is 2.25. The van der Waals surface area contributed by atoms with E-state index in [1.807, 2.05) is 20.2 Å². The molecule has 0 aromatic carbocycles. The van der Waals surface area contributed by atoms with Crippen molar-refractivity contribution in [3.05, 3.63) is 23.0 Å². The van der Waals surface area contributed by atoms with Crippen molar-refractivity contribution >= 4 is 0 Å². The number of hydrogen-bond acceptors (Lipinski definition) is 3. The number of pyridine rings is 1. The van der Waals surface area contributed by atoms with Gasteiger partial charge in [0.15, 0.2) is 0 Å². The van der Waals surface area contributed by atoms with Crippen LogP contribution in [0.25, 0.3) is 0 Å². The number of ether oxygens (including phenoxy) is 1. The van der Waals surface area contributed by atoms with Gasteiger partial charge in [-0.1, -0.05) is 6.92 Å². The molecule has 0 aliphatic heterocycles. The lowest BCUT2D eigenvalue weighted by atomic mass is 9.98. The van der Waals surface area contributed by atoms with Gasteiger partial charge in [0.2, 0.25) is 0 Å². The molecule has 96 valence electrons. The van der Waals surface area contributed by atoms with Crippen LogP contribution < -0.4 is 10.1 Å². The minimum Gasteiger partial charge on any atom is -0.496 e. The fourth-order valence-corrected chi connectivity index (χ4v) is 2.10. The van der Waals surface area contributed by atoms with Gasteiger partial charge in [0.25, 0.3) is 0 Å². The van der Waals surface area contributed by atoms with Crippen LogP contribution >= 0.6 is 0 Å². The van der Waals surface area contributed by atoms with Crippen LogP contribution in [-0.4, -0.2) is 25.7 Å². The predicted molar refractivity (Wildman–Crippen MR) is 71.7 cm³/mol. The lowest BCUT2D eigenvalue weighted by Gasteiger charge is -2.15. The molecule has 1 aromatic rings. The quantitative estimate of drug-likeness (QED) is 0.824. The van der Waals surface area contributed by atoms with E-state index in [0.29, 0.717) is 5.92 Å². The summed E-state index contributed by atoms with van der Waals surface area (Å²) in [7, 11) is 3.72. The SMILES string of the molecule is CNCCC(C)Cc1ncc(C)c(OC)c1C. The van der Waals surface area contributed by atoms with Crippen LogP contribution in [0.5, 0.6) is 5.75 Å². The summed E-state index contributed by atoms with van der Waals surface area (Å²) in [5, 5.41) is 3.19. The summed E-state index contributed by atoms with van der Waals surface area (Å²) in [4.78, 5) is 4.53. The molecule has 3 nitrogen and oxygen atoms in total. The molecule has 0 radical (unpaired) electrons. The van der Waals surface area contributed by atoms with Gasteiger partial charge in [-0.15, -0.1) is 0 Å². The second-order valence-corrected chi connectivity index (χ2v) is 4.75. The van der Waals surface area contributed by atoms with Crippen molar-refractivity contribution in [3.63, 3.8) is 0 Å². The Kier molecular flexibility index (Phi) is 5.42. The first-order valence-corrected chi connectivity index (χ1v) is 6.23. The summed E-state index contributed by atoms with van der Waals surface area (Å²) in [6.45, 7) is 7.46. The van der Waals surface area contributed by atoms with Crippen LogP contribution in [0.2, 0.25) is 0 Å². The van der Waals surface area contributed by atoms with E-state index in [1.165, 1.54) is 12.0 Å². The summed E-state index contributed by atoms with van der Waals surface area (Å²) in [6.07, 6.45) is 4.10. The molecular formula is C14H24N2O. The number of nitrogens with zero attached hydrogens (tertiary/aromatic N) is 1. The van der Waals surface area contributed by atoms with Crippen molar-refractivity contribution in [2.75, 3.05) is 20.7 Å². The average molecular weight is 236 g/mol. The summed E-state index contributed by atoms with van der Waals surface area (Å²) >= 11 is 0. The van der Waals surface area contributed by atoms with Gasteiger partial charge in [-0.05, 0) is 46.2 Å². The summed E-state index contributed by atoms with van der Waals surface area (Å²) in [6, 6.07) is 0. The van der Waals surface area contributed by atoms with Gasteiger partial charge >= 0.3 is 0 Å². The van der Waals surface area contributed by atoms with Crippen molar-refractivity contribution in [1.82, 2.24) is 10.3 Å². The van der Waals surface area contributed by atoms with E-state index in [0.717, 1.165) is 30.0 Å². The van der Waals surface area contributed by atoms with Crippen molar-refractivity contribution in [2.45, 2.75) is 33.6 Å². The molecule has 0 fully saturated rings. The molecule has 1 N–H and O–H groups in total. The van der Waals surface area contributed by atoms with Crippen molar-refractivity contribution in [2.24, 2.45) is 5.92 Å². The number of hydrogen-bond donors (Lipinski definition) is 1. The number of nitrogens with one attached hydrogen (secondary N) is 1. The fraction of sp³-hybridized carbons (Fsp3) is 0.643. The van der Waals surface area contributed by atoms with Crippen LogP contribution in [-0.2, 0) is 6.42 Å². The van der Waals surface area contributed by atoms with Gasteiger partial charge in [-0.3, -0.25) is 4.98 Å². The average Bonchev–Trinajstić information content (AvgIpc) is 2.31. The number of methoxy groups -OCH3 is 1. The maximum Gasteiger partial charge on any atom is 0.128 e. The van der Waals surface area contributed by atoms with Crippen LogP contribution in [0.15, 0.2) is 6.20 Å². The molecular weight excluding hydrogens is 212 g/mol. The maximum absolute atomic E-state index is 5.43. The monoisotopic (exact) mass is 236 g/mol. The zero-order valence-corrected chi connectivity index (χ0v) is 11.6. The first-order chi connectivity index (χ1) is 8.10. The van der Waals surface area contributed by atoms with Gasteiger partial charge in [-0.25, -0.2) is 0 Å². The van der Waals surface area contributed by atoms with Crippen LogP contribution in [0.1, 0.15) is 30.2 Å². The Morgan fingerprint density at radius 1 is 1.41 bits per heavy atom. The molecule has 1 unspecified atom stereocenters. The highest BCUT2D eigenvalue weighted by molar-refractivity contribution is 5.41. The summed E-state index contributed by atoms with van der Waals surface area (Å²) in [5.41, 5.74) is 3.46. The fourth-order valence-electron chi connectivity index (χ4n) is 2.10. The Morgan fingerprint density at radius 3 is 2.71 bits per heavy atom. The van der Waals surface area contributed by atoms with Gasteiger partial charge in [0.1, 0.15) is 5.75 Å². The highest BCUT2D eigenvalue weighted by Gasteiger charge is 2.12. The van der Waals surface area contributed by atoms with Gasteiger partial charge < -0.3 is 10.1 Å². The molecule has 1 heterocycles. The van der Waals surface area contributed by atoms with E-state index >= 15 is 0 Å². The molecule has 0 saturated heterocycles. The standard InChI is InChI=1S/C14H24N2O/c1-10(6-7-15-4)8-13-12(3)14(17-5)11(2)9-16-13/h9-10,15H,6-8H2,1-5H3. The van der Waals surface area contributed by atoms with E-state index in [-0.39, 0.29) is 0 Å². The van der Waals surface area contributed by atoms with E-state index < -0.39 is 0 Å². The topological polar surface area (TPSA) is 34.2 Å². The second-order valence-electron chi connectivity index (χ2n) is 4.75. The van der Waals surface area contributed by atoms with Crippen LogP contribution in [0, 0.1) is 19.8 Å². The zero-order chi connectivity index (χ0) is 12.8. The van der Waals surface area contributed by atoms with Gasteiger partial charge in [0.05, 0.1) is 7.11 Å². The molecule has 0 bridgehead atoms. The van der Waals surface area contributed by atoms with Gasteiger partial charge in [-0.2, -0.15) is 0 Å². The summed E-state index contributed by atoms with van der Waals surface area (Å²) < 4.78 is 5.43. The molecule has 0 spiro atoms. The van der Waals surface area contributed by atoms with E-state index in [1.54, 1.807) is 7.11 Å². The molecule has 17 heavy (non-hydrogen) atoms. The molecule has 3 heteroatoms. The Morgan fingerprint density at radius 2 is 2.12 bits per heavy atom. The zero-order valence-electron chi connectivity index (χ0n) is 11.6. The summed E-state index contributed by atoms with van der Waals surface area (Å²) in [5.74, 6) is 1.62. The smallest absolute Gasteiger partial charge is 0.128 e. The lowest BCUT2D eigenvalue weighted by molar-refractivity contribution is 0.405. The van der Waals surface area contributed by atoms with E-state index in [4.69, 9.17) is 4.74 Å². The number of aromatic nitrogens is 1. The third-order valence-corrected chi connectivity index (χ3v) is 3.18. The Balaban J connectivity index is 2.78. The molecule has 0 aliphatic carbocycles. The number of rotatable bonds is 6. The molecule has 1 rings (SSSR count). The lowest BCUT2D eigenvalue weighted by Crippen LogP contribution is -2.14. The minimum atomic E-state index is 0.640. The Hall–Kier alpha value is -1.09.